The van der Waals surface area contributed by atoms with E-state index in [0.29, 0.717) is 22.7 Å². The Morgan fingerprint density at radius 1 is 1.37 bits per heavy atom. The highest BCUT2D eigenvalue weighted by atomic mass is 35.5. The predicted octanol–water partition coefficient (Wildman–Crippen LogP) is 3.23. The molecule has 2 aromatic rings. The molecule has 0 bridgehead atoms. The minimum Gasteiger partial charge on any atom is -0.495 e. The fourth-order valence-corrected chi connectivity index (χ4v) is 1.95. The summed E-state index contributed by atoms with van der Waals surface area (Å²) in [7, 11) is 1.45. The van der Waals surface area contributed by atoms with Crippen molar-refractivity contribution in [2.24, 2.45) is 0 Å². The van der Waals surface area contributed by atoms with Gasteiger partial charge in [0.15, 0.2) is 0 Å². The van der Waals surface area contributed by atoms with Gasteiger partial charge in [-0.3, -0.25) is 0 Å². The van der Waals surface area contributed by atoms with Crippen LogP contribution in [0.3, 0.4) is 0 Å². The van der Waals surface area contributed by atoms with Gasteiger partial charge in [0, 0.05) is 5.56 Å². The van der Waals surface area contributed by atoms with Gasteiger partial charge in [0.25, 0.3) is 0 Å². The van der Waals surface area contributed by atoms with Crippen molar-refractivity contribution in [2.45, 2.75) is 6.92 Å². The molecule has 0 fully saturated rings. The lowest BCUT2D eigenvalue weighted by molar-refractivity contribution is 0.414. The van der Waals surface area contributed by atoms with Crippen LogP contribution in [0.1, 0.15) is 11.3 Å². The van der Waals surface area contributed by atoms with Gasteiger partial charge in [-0.25, -0.2) is 14.4 Å². The Bertz CT molecular complexity index is 680. The van der Waals surface area contributed by atoms with Crippen LogP contribution in [-0.4, -0.2) is 17.1 Å². The van der Waals surface area contributed by atoms with Gasteiger partial charge in [0.2, 0.25) is 0 Å². The zero-order chi connectivity index (χ0) is 14.0. The van der Waals surface area contributed by atoms with E-state index in [1.54, 1.807) is 6.92 Å². The molecule has 3 nitrogen and oxygen atoms in total. The maximum atomic E-state index is 14.0. The molecule has 0 saturated heterocycles. The molecule has 0 spiro atoms. The van der Waals surface area contributed by atoms with E-state index in [4.69, 9.17) is 22.8 Å². The van der Waals surface area contributed by atoms with Gasteiger partial charge in [-0.1, -0.05) is 17.5 Å². The molecular formula is C14H10ClFN2O. The number of ether oxygens (including phenoxy) is 1. The van der Waals surface area contributed by atoms with Gasteiger partial charge in [-0.05, 0) is 19.1 Å². The molecule has 19 heavy (non-hydrogen) atoms. The van der Waals surface area contributed by atoms with E-state index >= 15 is 0 Å². The van der Waals surface area contributed by atoms with Crippen LogP contribution < -0.4 is 4.74 Å². The van der Waals surface area contributed by atoms with Crippen molar-refractivity contribution in [1.82, 2.24) is 9.97 Å². The van der Waals surface area contributed by atoms with E-state index < -0.39 is 5.82 Å². The van der Waals surface area contributed by atoms with Crippen LogP contribution in [0.5, 0.6) is 5.75 Å². The van der Waals surface area contributed by atoms with E-state index in [0.717, 1.165) is 0 Å². The van der Waals surface area contributed by atoms with Crippen molar-refractivity contribution in [3.63, 3.8) is 0 Å². The summed E-state index contributed by atoms with van der Waals surface area (Å²) in [5.41, 5.74) is 1.65. The number of rotatable bonds is 2. The highest BCUT2D eigenvalue weighted by Gasteiger charge is 2.16. The molecule has 1 aromatic carbocycles. The van der Waals surface area contributed by atoms with Crippen molar-refractivity contribution in [3.05, 3.63) is 40.6 Å². The summed E-state index contributed by atoms with van der Waals surface area (Å²) in [6.45, 7) is 1.74. The Kier molecular flexibility index (Phi) is 3.68. The topological polar surface area (TPSA) is 35.0 Å². The zero-order valence-corrected chi connectivity index (χ0v) is 11.1. The van der Waals surface area contributed by atoms with E-state index in [9.17, 15) is 4.39 Å². The fraction of sp³-hybridized carbons (Fsp3) is 0.143. The van der Waals surface area contributed by atoms with Crippen molar-refractivity contribution in [3.8, 4) is 29.4 Å². The molecule has 0 radical (unpaired) electrons. The summed E-state index contributed by atoms with van der Waals surface area (Å²) in [5.74, 6) is 2.32. The molecule has 0 aliphatic carbocycles. The number of hydrogen-bond donors (Lipinski definition) is 0. The Balaban J connectivity index is 2.73. The maximum Gasteiger partial charge on any atom is 0.138 e. The molecule has 1 aromatic heterocycles. The average Bonchev–Trinajstić information content (AvgIpc) is 2.39. The summed E-state index contributed by atoms with van der Waals surface area (Å²) in [6.07, 6.45) is 6.77. The van der Waals surface area contributed by atoms with Crippen molar-refractivity contribution < 1.29 is 9.13 Å². The average molecular weight is 277 g/mol. The Morgan fingerprint density at radius 2 is 2.11 bits per heavy atom. The van der Waals surface area contributed by atoms with Crippen LogP contribution in [0, 0.1) is 25.1 Å². The van der Waals surface area contributed by atoms with Crippen molar-refractivity contribution in [1.29, 1.82) is 0 Å². The number of terminal acetylenes is 1. The summed E-state index contributed by atoms with van der Waals surface area (Å²) < 4.78 is 19.1. The lowest BCUT2D eigenvalue weighted by atomic mass is 10.0. The molecule has 0 N–H and O–H groups in total. The first kappa shape index (κ1) is 13.3. The SMILES string of the molecule is C#Cc1c(C)ncnc1-c1cc(OC)c(Cl)cc1F. The third kappa shape index (κ3) is 2.38. The molecule has 1 heterocycles. The minimum atomic E-state index is -0.514. The van der Waals surface area contributed by atoms with Crippen LogP contribution in [0.4, 0.5) is 4.39 Å². The molecule has 96 valence electrons. The number of nitrogens with zero attached hydrogens (tertiary/aromatic N) is 2. The molecule has 0 aliphatic heterocycles. The summed E-state index contributed by atoms with van der Waals surface area (Å²) in [6, 6.07) is 2.65. The van der Waals surface area contributed by atoms with Gasteiger partial charge in [-0.2, -0.15) is 0 Å². The van der Waals surface area contributed by atoms with Gasteiger partial charge in [0.05, 0.1) is 29.1 Å². The highest BCUT2D eigenvalue weighted by Crippen LogP contribution is 2.33. The predicted molar refractivity (Wildman–Crippen MR) is 71.7 cm³/mol. The van der Waals surface area contributed by atoms with Crippen LogP contribution in [-0.2, 0) is 0 Å². The molecular weight excluding hydrogens is 267 g/mol. The van der Waals surface area contributed by atoms with Crippen LogP contribution in [0.25, 0.3) is 11.3 Å². The van der Waals surface area contributed by atoms with Crippen LogP contribution >= 0.6 is 11.6 Å². The van der Waals surface area contributed by atoms with E-state index in [1.165, 1.54) is 25.6 Å². The lowest BCUT2D eigenvalue weighted by Crippen LogP contribution is -1.98. The normalized spacial score (nSPS) is 10.1. The van der Waals surface area contributed by atoms with Gasteiger partial charge in [-0.15, -0.1) is 6.42 Å². The molecule has 5 heteroatoms. The second kappa shape index (κ2) is 5.25. The molecule has 0 unspecified atom stereocenters. The third-order valence-corrected chi connectivity index (χ3v) is 2.97. The lowest BCUT2D eigenvalue weighted by Gasteiger charge is -2.10. The number of halogens is 2. The largest absolute Gasteiger partial charge is 0.495 e. The smallest absolute Gasteiger partial charge is 0.138 e. The highest BCUT2D eigenvalue weighted by molar-refractivity contribution is 6.32. The summed E-state index contributed by atoms with van der Waals surface area (Å²) in [4.78, 5) is 8.05. The molecule has 2 rings (SSSR count). The third-order valence-electron chi connectivity index (χ3n) is 2.68. The number of hydrogen-bond acceptors (Lipinski definition) is 3. The second-order valence-electron chi connectivity index (χ2n) is 3.79. The standard InChI is InChI=1S/C14H10ClFN2O/c1-4-9-8(2)17-7-18-14(9)10-5-13(19-3)11(15)6-12(10)16/h1,5-7H,2-3H3. The van der Waals surface area contributed by atoms with Gasteiger partial charge < -0.3 is 4.74 Å². The first-order chi connectivity index (χ1) is 9.08. The van der Waals surface area contributed by atoms with Crippen LogP contribution in [0.2, 0.25) is 5.02 Å². The van der Waals surface area contributed by atoms with Crippen molar-refractivity contribution in [2.75, 3.05) is 7.11 Å². The number of methoxy groups -OCH3 is 1. The van der Waals surface area contributed by atoms with Gasteiger partial charge >= 0.3 is 0 Å². The first-order valence-electron chi connectivity index (χ1n) is 5.40. The van der Waals surface area contributed by atoms with Gasteiger partial charge in [0.1, 0.15) is 17.9 Å². The molecule has 0 atom stereocenters. The monoisotopic (exact) mass is 276 g/mol. The Morgan fingerprint density at radius 3 is 2.74 bits per heavy atom. The maximum absolute atomic E-state index is 14.0. The Labute approximate surface area is 115 Å². The number of aryl methyl sites for hydroxylation is 1. The second-order valence-corrected chi connectivity index (χ2v) is 4.20. The summed E-state index contributed by atoms with van der Waals surface area (Å²) in [5, 5.41) is 0.191. The van der Waals surface area contributed by atoms with Crippen LogP contribution in [0.15, 0.2) is 18.5 Å². The molecule has 0 aliphatic rings. The Hall–Kier alpha value is -2.12. The fourth-order valence-electron chi connectivity index (χ4n) is 1.72. The number of benzene rings is 1. The summed E-state index contributed by atoms with van der Waals surface area (Å²) >= 11 is 5.86. The first-order valence-corrected chi connectivity index (χ1v) is 5.78. The molecule has 0 amide bonds. The minimum absolute atomic E-state index is 0.191. The van der Waals surface area contributed by atoms with E-state index in [1.807, 2.05) is 0 Å². The van der Waals surface area contributed by atoms with E-state index in [2.05, 4.69) is 15.9 Å². The quantitative estimate of drug-likeness (QED) is 0.790. The van der Waals surface area contributed by atoms with E-state index in [-0.39, 0.29) is 10.6 Å². The van der Waals surface area contributed by atoms with Crippen molar-refractivity contribution >= 4 is 11.6 Å². The number of aromatic nitrogens is 2. The zero-order valence-electron chi connectivity index (χ0n) is 10.4. The molecule has 0 saturated carbocycles.